The van der Waals surface area contributed by atoms with E-state index >= 15 is 0 Å². The van der Waals surface area contributed by atoms with Crippen LogP contribution < -0.4 is 20.5 Å². The Morgan fingerprint density at radius 2 is 1.77 bits per heavy atom. The highest BCUT2D eigenvalue weighted by Crippen LogP contribution is 2.28. The summed E-state index contributed by atoms with van der Waals surface area (Å²) in [5.74, 6) is 1.58. The summed E-state index contributed by atoms with van der Waals surface area (Å²) in [6.07, 6.45) is 3.42. The van der Waals surface area contributed by atoms with Crippen LogP contribution in [0.15, 0.2) is 18.2 Å². The number of nitrogens with one attached hydrogen (secondary N) is 1. The van der Waals surface area contributed by atoms with Gasteiger partial charge in [-0.05, 0) is 26.2 Å². The molecular weight excluding hydrogens is 354 g/mol. The third-order valence-electron chi connectivity index (χ3n) is 4.76. The smallest absolute Gasteiger partial charge is 0.242 e. The molecule has 1 aliphatic rings. The van der Waals surface area contributed by atoms with Gasteiger partial charge in [0.05, 0.1) is 19.8 Å². The Labute approximate surface area is 162 Å². The van der Waals surface area contributed by atoms with Crippen LogP contribution in [-0.4, -0.2) is 49.7 Å². The minimum Gasteiger partial charge on any atom is -0.497 e. The number of carbonyl (C=O) groups excluding carboxylic acids is 1. The Hall–Kier alpha value is -1.66. The van der Waals surface area contributed by atoms with Crippen LogP contribution in [0.4, 0.5) is 5.69 Å². The summed E-state index contributed by atoms with van der Waals surface area (Å²) in [6, 6.07) is 6.08. The number of hydrogen-bond donors (Lipinski definition) is 2. The van der Waals surface area contributed by atoms with Gasteiger partial charge in [-0.25, -0.2) is 0 Å². The topological polar surface area (TPSA) is 76.8 Å². The van der Waals surface area contributed by atoms with Crippen molar-refractivity contribution in [3.63, 3.8) is 0 Å². The lowest BCUT2D eigenvalue weighted by Gasteiger charge is -2.37. The minimum absolute atomic E-state index is 0. The first kappa shape index (κ1) is 22.4. The molecule has 0 bridgehead atoms. The largest absolute Gasteiger partial charge is 0.497 e. The van der Waals surface area contributed by atoms with Crippen molar-refractivity contribution in [2.24, 2.45) is 5.73 Å². The third kappa shape index (κ3) is 5.68. The van der Waals surface area contributed by atoms with E-state index in [1.165, 1.54) is 0 Å². The van der Waals surface area contributed by atoms with Gasteiger partial charge in [-0.2, -0.15) is 0 Å². The molecule has 1 atom stereocenters. The standard InChI is InChI=1S/C19H31N3O3.ClH/c1-5-8-19(2,20)18(23)22-9-6-14(7-10-22)21-15-11-16(24-3)13-17(12-15)25-4;/h11-14,21H,5-10,20H2,1-4H3;1H. The molecule has 1 saturated heterocycles. The monoisotopic (exact) mass is 385 g/mol. The van der Waals surface area contributed by atoms with E-state index in [2.05, 4.69) is 12.2 Å². The zero-order chi connectivity index (χ0) is 18.4. The van der Waals surface area contributed by atoms with Gasteiger partial charge in [0.15, 0.2) is 0 Å². The lowest BCUT2D eigenvalue weighted by atomic mass is 9.94. The summed E-state index contributed by atoms with van der Waals surface area (Å²) in [6.45, 7) is 5.35. The highest BCUT2D eigenvalue weighted by molar-refractivity contribution is 5.86. The number of carbonyl (C=O) groups is 1. The lowest BCUT2D eigenvalue weighted by Crippen LogP contribution is -2.55. The number of hydrogen-bond acceptors (Lipinski definition) is 5. The zero-order valence-electron chi connectivity index (χ0n) is 16.2. The highest BCUT2D eigenvalue weighted by atomic mass is 35.5. The van der Waals surface area contributed by atoms with Crippen molar-refractivity contribution in [3.05, 3.63) is 18.2 Å². The van der Waals surface area contributed by atoms with Gasteiger partial charge in [0, 0.05) is 43.0 Å². The summed E-state index contributed by atoms with van der Waals surface area (Å²) in [5.41, 5.74) is 6.40. The van der Waals surface area contributed by atoms with Crippen molar-refractivity contribution < 1.29 is 14.3 Å². The summed E-state index contributed by atoms with van der Waals surface area (Å²) >= 11 is 0. The molecule has 1 aromatic rings. The molecule has 0 radical (unpaired) electrons. The maximum Gasteiger partial charge on any atom is 0.242 e. The first-order valence-corrected chi connectivity index (χ1v) is 8.97. The number of amides is 1. The van der Waals surface area contributed by atoms with E-state index < -0.39 is 5.54 Å². The molecule has 0 spiro atoms. The quantitative estimate of drug-likeness (QED) is 0.754. The molecule has 1 heterocycles. The van der Waals surface area contributed by atoms with E-state index in [1.807, 2.05) is 30.0 Å². The molecule has 1 unspecified atom stereocenters. The average molecular weight is 386 g/mol. The lowest BCUT2D eigenvalue weighted by molar-refractivity contribution is -0.137. The molecular formula is C19H32ClN3O3. The van der Waals surface area contributed by atoms with E-state index in [9.17, 15) is 4.79 Å². The van der Waals surface area contributed by atoms with Crippen LogP contribution >= 0.6 is 12.4 Å². The highest BCUT2D eigenvalue weighted by Gasteiger charge is 2.33. The van der Waals surface area contributed by atoms with Crippen LogP contribution in [0.1, 0.15) is 39.5 Å². The molecule has 148 valence electrons. The number of piperidine rings is 1. The Kier molecular flexibility index (Phi) is 8.50. The number of nitrogens with zero attached hydrogens (tertiary/aromatic N) is 1. The van der Waals surface area contributed by atoms with Gasteiger partial charge >= 0.3 is 0 Å². The van der Waals surface area contributed by atoms with Crippen molar-refractivity contribution in [2.75, 3.05) is 32.6 Å². The number of benzene rings is 1. The number of halogens is 1. The van der Waals surface area contributed by atoms with Gasteiger partial charge in [0.2, 0.25) is 5.91 Å². The number of anilines is 1. The van der Waals surface area contributed by atoms with Gasteiger partial charge in [-0.3, -0.25) is 4.79 Å². The molecule has 1 amide bonds. The van der Waals surface area contributed by atoms with Crippen molar-refractivity contribution >= 4 is 24.0 Å². The van der Waals surface area contributed by atoms with Crippen LogP contribution in [0, 0.1) is 0 Å². The van der Waals surface area contributed by atoms with Crippen LogP contribution in [0.3, 0.4) is 0 Å². The molecule has 7 heteroatoms. The van der Waals surface area contributed by atoms with Gasteiger partial charge in [0.1, 0.15) is 11.5 Å². The predicted octanol–water partition coefficient (Wildman–Crippen LogP) is 3.05. The fraction of sp³-hybridized carbons (Fsp3) is 0.632. The van der Waals surface area contributed by atoms with Crippen molar-refractivity contribution in [2.45, 2.75) is 51.1 Å². The van der Waals surface area contributed by atoms with Crippen molar-refractivity contribution in [1.82, 2.24) is 4.90 Å². The Morgan fingerprint density at radius 3 is 2.23 bits per heavy atom. The summed E-state index contributed by atoms with van der Waals surface area (Å²) in [5, 5.41) is 3.52. The first-order chi connectivity index (χ1) is 11.9. The number of likely N-dealkylation sites (tertiary alicyclic amines) is 1. The molecule has 1 fully saturated rings. The molecule has 1 aromatic carbocycles. The molecule has 26 heavy (non-hydrogen) atoms. The summed E-state index contributed by atoms with van der Waals surface area (Å²) in [4.78, 5) is 14.5. The maximum absolute atomic E-state index is 12.6. The van der Waals surface area contributed by atoms with E-state index in [1.54, 1.807) is 14.2 Å². The number of methoxy groups -OCH3 is 2. The zero-order valence-corrected chi connectivity index (χ0v) is 17.0. The second-order valence-corrected chi connectivity index (χ2v) is 6.98. The Morgan fingerprint density at radius 1 is 1.23 bits per heavy atom. The van der Waals surface area contributed by atoms with Gasteiger partial charge in [-0.1, -0.05) is 13.3 Å². The van der Waals surface area contributed by atoms with Crippen molar-refractivity contribution in [1.29, 1.82) is 0 Å². The molecule has 0 aliphatic carbocycles. The summed E-state index contributed by atoms with van der Waals surface area (Å²) in [7, 11) is 3.28. The van der Waals surface area contributed by atoms with Crippen LogP contribution in [-0.2, 0) is 4.79 Å². The van der Waals surface area contributed by atoms with Gasteiger partial charge in [0.25, 0.3) is 0 Å². The fourth-order valence-corrected chi connectivity index (χ4v) is 3.34. The van der Waals surface area contributed by atoms with Gasteiger partial charge < -0.3 is 25.4 Å². The number of rotatable bonds is 7. The second kappa shape index (κ2) is 9.88. The van der Waals surface area contributed by atoms with Crippen molar-refractivity contribution in [3.8, 4) is 11.5 Å². The number of ether oxygens (including phenoxy) is 2. The van der Waals surface area contributed by atoms with Crippen LogP contribution in [0.5, 0.6) is 11.5 Å². The van der Waals surface area contributed by atoms with E-state index in [4.69, 9.17) is 15.2 Å². The third-order valence-corrected chi connectivity index (χ3v) is 4.76. The Bertz CT molecular complexity index is 565. The SMILES string of the molecule is CCCC(C)(N)C(=O)N1CCC(Nc2cc(OC)cc(OC)c2)CC1.Cl. The van der Waals surface area contributed by atoms with Crippen LogP contribution in [0.2, 0.25) is 0 Å². The first-order valence-electron chi connectivity index (χ1n) is 8.97. The molecule has 2 rings (SSSR count). The van der Waals surface area contributed by atoms with Gasteiger partial charge in [-0.15, -0.1) is 12.4 Å². The van der Waals surface area contributed by atoms with E-state index in [0.717, 1.165) is 49.5 Å². The van der Waals surface area contributed by atoms with E-state index in [-0.39, 0.29) is 18.3 Å². The maximum atomic E-state index is 12.6. The molecule has 0 saturated carbocycles. The molecule has 1 aliphatic heterocycles. The fourth-order valence-electron chi connectivity index (χ4n) is 3.34. The molecule has 3 N–H and O–H groups in total. The van der Waals surface area contributed by atoms with Crippen LogP contribution in [0.25, 0.3) is 0 Å². The Balaban J connectivity index is 0.00000338. The molecule has 0 aromatic heterocycles. The molecule has 6 nitrogen and oxygen atoms in total. The predicted molar refractivity (Wildman–Crippen MR) is 108 cm³/mol. The average Bonchev–Trinajstić information content (AvgIpc) is 2.61. The summed E-state index contributed by atoms with van der Waals surface area (Å²) < 4.78 is 10.6. The number of nitrogens with two attached hydrogens (primary N) is 1. The van der Waals surface area contributed by atoms with E-state index in [0.29, 0.717) is 12.5 Å². The normalized spacial score (nSPS) is 17.0. The minimum atomic E-state index is -0.755. The second-order valence-electron chi connectivity index (χ2n) is 6.98.